The second-order valence-electron chi connectivity index (χ2n) is 12.0. The highest BCUT2D eigenvalue weighted by atomic mass is 16.6. The molecule has 4 atom stereocenters. The number of ether oxygens (including phenoxy) is 2. The molecule has 226 valence electrons. The van der Waals surface area contributed by atoms with Crippen molar-refractivity contribution in [3.05, 3.63) is 142 Å². The number of esters is 2. The average Bonchev–Trinajstić information content (AvgIpc) is 3.06. The second kappa shape index (κ2) is 12.8. The number of benzene rings is 4. The van der Waals surface area contributed by atoms with Crippen LogP contribution in [0, 0.1) is 0 Å². The monoisotopic (exact) mass is 588 g/mol. The minimum atomic E-state index is -0.754. The molecule has 0 saturated carbocycles. The van der Waals surface area contributed by atoms with Crippen molar-refractivity contribution in [1.29, 1.82) is 0 Å². The van der Waals surface area contributed by atoms with Crippen molar-refractivity contribution in [1.82, 2.24) is 0 Å². The number of rotatable bonds is 10. The highest BCUT2D eigenvalue weighted by Gasteiger charge is 2.54. The Labute approximate surface area is 259 Å². The van der Waals surface area contributed by atoms with Gasteiger partial charge < -0.3 is 20.9 Å². The lowest BCUT2D eigenvalue weighted by Crippen LogP contribution is -2.51. The summed E-state index contributed by atoms with van der Waals surface area (Å²) in [6.45, 7) is 4.25. The minimum absolute atomic E-state index is 0.105. The van der Waals surface area contributed by atoms with Gasteiger partial charge in [-0.3, -0.25) is 0 Å². The van der Waals surface area contributed by atoms with E-state index in [1.807, 2.05) is 36.4 Å². The SMILES string of the molecule is CCCC(N)c1ccc2c(c1)C1c3cc(C(N)CCC)ccc3C2C(OC(=O)c2ccccc2)C1OC(=O)c1ccccc1. The topological polar surface area (TPSA) is 105 Å². The predicted molar refractivity (Wildman–Crippen MR) is 172 cm³/mol. The molecule has 0 saturated heterocycles. The molecule has 6 heteroatoms. The van der Waals surface area contributed by atoms with Crippen LogP contribution >= 0.6 is 0 Å². The van der Waals surface area contributed by atoms with Gasteiger partial charge in [0.2, 0.25) is 0 Å². The van der Waals surface area contributed by atoms with E-state index >= 15 is 0 Å². The van der Waals surface area contributed by atoms with Crippen LogP contribution in [-0.4, -0.2) is 24.1 Å². The third-order valence-corrected chi connectivity index (χ3v) is 9.10. The summed E-state index contributed by atoms with van der Waals surface area (Å²) in [5, 5.41) is 0. The number of hydrogen-bond acceptors (Lipinski definition) is 6. The molecule has 6 nitrogen and oxygen atoms in total. The molecule has 3 aliphatic carbocycles. The van der Waals surface area contributed by atoms with Crippen LogP contribution < -0.4 is 11.5 Å². The number of nitrogens with two attached hydrogens (primary N) is 2. The van der Waals surface area contributed by atoms with Crippen molar-refractivity contribution < 1.29 is 19.1 Å². The molecule has 2 bridgehead atoms. The first-order valence-electron chi connectivity index (χ1n) is 15.7. The zero-order valence-corrected chi connectivity index (χ0v) is 25.3. The van der Waals surface area contributed by atoms with Gasteiger partial charge in [-0.1, -0.05) is 99.5 Å². The second-order valence-corrected chi connectivity index (χ2v) is 12.0. The molecule has 0 amide bonds. The van der Waals surface area contributed by atoms with Gasteiger partial charge in [0.05, 0.1) is 23.0 Å². The molecular formula is C38H40N2O4. The summed E-state index contributed by atoms with van der Waals surface area (Å²) in [5.74, 6) is -1.60. The molecule has 4 N–H and O–H groups in total. The first kappa shape index (κ1) is 29.8. The highest BCUT2D eigenvalue weighted by Crippen LogP contribution is 2.56. The molecule has 3 aliphatic rings. The van der Waals surface area contributed by atoms with E-state index < -0.39 is 24.1 Å². The van der Waals surface area contributed by atoms with E-state index in [9.17, 15) is 9.59 Å². The van der Waals surface area contributed by atoms with Crippen molar-refractivity contribution in [3.63, 3.8) is 0 Å². The normalized spacial score (nSPS) is 21.1. The summed E-state index contributed by atoms with van der Waals surface area (Å²) in [7, 11) is 0. The Balaban J connectivity index is 1.51. The largest absolute Gasteiger partial charge is 0.454 e. The van der Waals surface area contributed by atoms with Crippen LogP contribution in [0.1, 0.15) is 118 Å². The van der Waals surface area contributed by atoms with E-state index in [4.69, 9.17) is 20.9 Å². The van der Waals surface area contributed by atoms with Crippen LogP contribution in [0.5, 0.6) is 0 Å². The van der Waals surface area contributed by atoms with Gasteiger partial charge >= 0.3 is 11.9 Å². The molecular weight excluding hydrogens is 548 g/mol. The van der Waals surface area contributed by atoms with Gasteiger partial charge in [-0.15, -0.1) is 0 Å². The van der Waals surface area contributed by atoms with Crippen molar-refractivity contribution in [3.8, 4) is 0 Å². The van der Waals surface area contributed by atoms with E-state index in [1.165, 1.54) is 0 Å². The fraction of sp³-hybridized carbons (Fsp3) is 0.316. The van der Waals surface area contributed by atoms with Crippen molar-refractivity contribution in [2.45, 2.75) is 75.7 Å². The standard InChI is InChI=1S/C38H40N2O4/c1-3-11-31(39)25-17-19-27-29(21-25)34-30-22-26(32(40)12-4-2)18-20-28(30)33(27)35(43-37(41)23-13-7-5-8-14-23)36(34)44-38(42)24-15-9-6-10-16-24/h5-10,13-22,31-36H,3-4,11-12,39-40H2,1-2H3. The summed E-state index contributed by atoms with van der Waals surface area (Å²) in [4.78, 5) is 27.2. The zero-order chi connectivity index (χ0) is 30.8. The van der Waals surface area contributed by atoms with Crippen LogP contribution in [0.3, 0.4) is 0 Å². The maximum absolute atomic E-state index is 13.6. The molecule has 0 fully saturated rings. The summed E-state index contributed by atoms with van der Waals surface area (Å²) in [6.07, 6.45) is 2.19. The molecule has 7 rings (SSSR count). The lowest BCUT2D eigenvalue weighted by molar-refractivity contribution is -0.0557. The molecule has 0 radical (unpaired) electrons. The highest BCUT2D eigenvalue weighted by molar-refractivity contribution is 5.91. The Kier molecular flexibility index (Phi) is 8.65. The molecule has 0 heterocycles. The van der Waals surface area contributed by atoms with Crippen molar-refractivity contribution >= 4 is 11.9 Å². The van der Waals surface area contributed by atoms with Crippen LogP contribution in [0.15, 0.2) is 97.1 Å². The average molecular weight is 589 g/mol. The predicted octanol–water partition coefficient (Wildman–Crippen LogP) is 7.33. The molecule has 44 heavy (non-hydrogen) atoms. The number of hydrogen-bond donors (Lipinski definition) is 2. The molecule has 0 aromatic heterocycles. The van der Waals surface area contributed by atoms with Gasteiger partial charge in [0.1, 0.15) is 0 Å². The third-order valence-electron chi connectivity index (χ3n) is 9.10. The van der Waals surface area contributed by atoms with Crippen molar-refractivity contribution in [2.75, 3.05) is 0 Å². The Morgan fingerprint density at radius 1 is 0.591 bits per heavy atom. The van der Waals surface area contributed by atoms with E-state index in [0.717, 1.165) is 59.1 Å². The Bertz CT molecular complexity index is 1570. The zero-order valence-electron chi connectivity index (χ0n) is 25.3. The van der Waals surface area contributed by atoms with Crippen LogP contribution in [0.4, 0.5) is 0 Å². The third kappa shape index (κ3) is 5.56. The van der Waals surface area contributed by atoms with Crippen LogP contribution in [0.2, 0.25) is 0 Å². The number of carbonyl (C=O) groups is 2. The summed E-state index contributed by atoms with van der Waals surface area (Å²) in [6, 6.07) is 30.5. The number of carbonyl (C=O) groups excluding carboxylic acids is 2. The van der Waals surface area contributed by atoms with Gasteiger partial charge in [-0.25, -0.2) is 9.59 Å². The molecule has 0 aliphatic heterocycles. The maximum Gasteiger partial charge on any atom is 0.338 e. The van der Waals surface area contributed by atoms with Gasteiger partial charge in [-0.2, -0.15) is 0 Å². The van der Waals surface area contributed by atoms with Gasteiger partial charge in [0.15, 0.2) is 12.2 Å². The lowest BCUT2D eigenvalue weighted by atomic mass is 9.60. The van der Waals surface area contributed by atoms with E-state index in [0.29, 0.717) is 11.1 Å². The first-order chi connectivity index (χ1) is 21.4. The van der Waals surface area contributed by atoms with E-state index in [2.05, 4.69) is 50.2 Å². The van der Waals surface area contributed by atoms with Crippen molar-refractivity contribution in [2.24, 2.45) is 11.5 Å². The summed E-state index contributed by atoms with van der Waals surface area (Å²) in [5.41, 5.74) is 20.5. The molecule has 0 spiro atoms. The minimum Gasteiger partial charge on any atom is -0.454 e. The van der Waals surface area contributed by atoms with Crippen LogP contribution in [0.25, 0.3) is 0 Å². The Morgan fingerprint density at radius 2 is 0.977 bits per heavy atom. The lowest BCUT2D eigenvalue weighted by Gasteiger charge is -2.49. The molecule has 4 aromatic carbocycles. The molecule has 4 aromatic rings. The molecule has 4 unspecified atom stereocenters. The van der Waals surface area contributed by atoms with Gasteiger partial charge in [0, 0.05) is 12.1 Å². The Morgan fingerprint density at radius 3 is 1.36 bits per heavy atom. The summed E-state index contributed by atoms with van der Waals surface area (Å²) >= 11 is 0. The number of fused-ring (bicyclic) bond motifs is 1. The fourth-order valence-corrected chi connectivity index (χ4v) is 6.93. The smallest absolute Gasteiger partial charge is 0.338 e. The Hall–Kier alpha value is -4.26. The van der Waals surface area contributed by atoms with E-state index in [1.54, 1.807) is 24.3 Å². The van der Waals surface area contributed by atoms with Gasteiger partial charge in [0.25, 0.3) is 0 Å². The first-order valence-corrected chi connectivity index (χ1v) is 15.7. The maximum atomic E-state index is 13.6. The van der Waals surface area contributed by atoms with Crippen LogP contribution in [-0.2, 0) is 9.47 Å². The fourth-order valence-electron chi connectivity index (χ4n) is 6.93. The van der Waals surface area contributed by atoms with E-state index in [-0.39, 0.29) is 23.9 Å². The van der Waals surface area contributed by atoms with Gasteiger partial charge in [-0.05, 0) is 70.5 Å². The summed E-state index contributed by atoms with van der Waals surface area (Å²) < 4.78 is 12.7. The quantitative estimate of drug-likeness (QED) is 0.188.